The average molecular weight is 565 g/mol. The van der Waals surface area contributed by atoms with E-state index in [1.54, 1.807) is 12.0 Å². The summed E-state index contributed by atoms with van der Waals surface area (Å²) < 4.78 is 28.4. The molecule has 2 fully saturated rings. The van der Waals surface area contributed by atoms with Gasteiger partial charge < -0.3 is 38.8 Å². The summed E-state index contributed by atoms with van der Waals surface area (Å²) in [6.07, 6.45) is 2.32. The lowest BCUT2D eigenvalue weighted by atomic mass is 9.77. The third-order valence-corrected chi connectivity index (χ3v) is 8.20. The van der Waals surface area contributed by atoms with Crippen molar-refractivity contribution in [2.45, 2.75) is 64.7 Å². The first-order chi connectivity index (χ1) is 19.2. The highest BCUT2D eigenvalue weighted by Crippen LogP contribution is 2.48. The number of unbranched alkanes of at least 4 members (excludes halogenated alkanes) is 1. The molecular formula is C29H44N2O9. The number of rotatable bonds is 14. The summed E-state index contributed by atoms with van der Waals surface area (Å²) in [5.41, 5.74) is 0.277. The molecule has 1 amide bonds. The zero-order chi connectivity index (χ0) is 28.9. The van der Waals surface area contributed by atoms with Crippen molar-refractivity contribution < 1.29 is 43.5 Å². The van der Waals surface area contributed by atoms with Gasteiger partial charge in [-0.25, -0.2) is 0 Å². The predicted molar refractivity (Wildman–Crippen MR) is 146 cm³/mol. The van der Waals surface area contributed by atoms with Gasteiger partial charge >= 0.3 is 5.97 Å². The number of aliphatic carboxylic acids is 1. The standard InChI is InChI=1S/C29H44N2O9/c1-5-6-8-30(9-7-10-32)24(33)17-31-16-20(19-13-22(36-4)26-23(14-19)39-18-40-26)25(27(34)35)21(31)15-29(2,3)28-37-11-12-38-28/h13-14,20-21,25,28,32H,5-12,15-18H2,1-4H3,(H,34,35). The minimum absolute atomic E-state index is 0.00688. The van der Waals surface area contributed by atoms with Gasteiger partial charge in [-0.2, -0.15) is 0 Å². The van der Waals surface area contributed by atoms with E-state index in [-0.39, 0.29) is 25.9 Å². The molecule has 0 aromatic heterocycles. The van der Waals surface area contributed by atoms with Gasteiger partial charge in [0, 0.05) is 43.6 Å². The lowest BCUT2D eigenvalue weighted by Gasteiger charge is -2.37. The average Bonchev–Trinajstić information content (AvgIpc) is 3.69. The molecule has 3 heterocycles. The number of fused-ring (bicyclic) bond motifs is 1. The molecule has 11 heteroatoms. The third-order valence-electron chi connectivity index (χ3n) is 8.20. The summed E-state index contributed by atoms with van der Waals surface area (Å²) >= 11 is 0. The molecule has 2 saturated heterocycles. The monoisotopic (exact) mass is 564 g/mol. The molecule has 40 heavy (non-hydrogen) atoms. The van der Waals surface area contributed by atoms with Crippen molar-refractivity contribution in [1.29, 1.82) is 0 Å². The second-order valence-electron chi connectivity index (χ2n) is 11.5. The minimum atomic E-state index is -0.922. The second-order valence-corrected chi connectivity index (χ2v) is 11.5. The fourth-order valence-corrected chi connectivity index (χ4v) is 6.14. The van der Waals surface area contributed by atoms with Gasteiger partial charge in [-0.15, -0.1) is 0 Å². The Hall–Kier alpha value is -2.60. The fourth-order valence-electron chi connectivity index (χ4n) is 6.14. The third kappa shape index (κ3) is 6.64. The van der Waals surface area contributed by atoms with Gasteiger partial charge in [0.1, 0.15) is 0 Å². The maximum atomic E-state index is 13.6. The molecule has 0 bridgehead atoms. The topological polar surface area (TPSA) is 127 Å². The Morgan fingerprint density at radius 3 is 2.52 bits per heavy atom. The van der Waals surface area contributed by atoms with E-state index in [0.717, 1.165) is 18.4 Å². The van der Waals surface area contributed by atoms with Crippen molar-refractivity contribution in [3.63, 3.8) is 0 Å². The largest absolute Gasteiger partial charge is 0.493 e. The van der Waals surface area contributed by atoms with E-state index in [9.17, 15) is 19.8 Å². The SMILES string of the molecule is CCCCN(CCCO)C(=O)CN1CC(c2cc(OC)c3c(c2)OCO3)C(C(=O)O)C1CC(C)(C)C1OCCO1. The number of hydrogen-bond acceptors (Lipinski definition) is 9. The van der Waals surface area contributed by atoms with Crippen LogP contribution in [0.1, 0.15) is 57.9 Å². The molecule has 0 aliphatic carbocycles. The number of benzene rings is 1. The Morgan fingerprint density at radius 2 is 1.88 bits per heavy atom. The number of nitrogens with zero attached hydrogens (tertiary/aromatic N) is 2. The quantitative estimate of drug-likeness (QED) is 0.348. The molecule has 3 unspecified atom stereocenters. The van der Waals surface area contributed by atoms with Crippen LogP contribution in [0.5, 0.6) is 17.2 Å². The normalized spacial score (nSPS) is 23.1. The van der Waals surface area contributed by atoms with Gasteiger partial charge in [-0.3, -0.25) is 14.5 Å². The van der Waals surface area contributed by atoms with Crippen molar-refractivity contribution in [3.8, 4) is 17.2 Å². The molecule has 3 atom stereocenters. The molecule has 0 radical (unpaired) electrons. The number of carboxylic acid groups (broad SMARTS) is 1. The molecule has 0 saturated carbocycles. The predicted octanol–water partition coefficient (Wildman–Crippen LogP) is 2.69. The summed E-state index contributed by atoms with van der Waals surface area (Å²) in [4.78, 5) is 30.3. The van der Waals surface area contributed by atoms with Crippen molar-refractivity contribution in [3.05, 3.63) is 17.7 Å². The van der Waals surface area contributed by atoms with Crippen LogP contribution in [0.4, 0.5) is 0 Å². The number of likely N-dealkylation sites (tertiary alicyclic amines) is 1. The Kier molecular flexibility index (Phi) is 10.2. The van der Waals surface area contributed by atoms with Gasteiger partial charge in [0.25, 0.3) is 0 Å². The molecule has 11 nitrogen and oxygen atoms in total. The van der Waals surface area contributed by atoms with Crippen LogP contribution in [-0.2, 0) is 19.1 Å². The zero-order valence-corrected chi connectivity index (χ0v) is 24.1. The zero-order valence-electron chi connectivity index (χ0n) is 24.1. The maximum Gasteiger partial charge on any atom is 0.308 e. The molecule has 2 N–H and O–H groups in total. The Bertz CT molecular complexity index is 1020. The highest BCUT2D eigenvalue weighted by molar-refractivity contribution is 5.79. The summed E-state index contributed by atoms with van der Waals surface area (Å²) in [5.74, 6) is -0.677. The van der Waals surface area contributed by atoms with Crippen LogP contribution < -0.4 is 14.2 Å². The van der Waals surface area contributed by atoms with Gasteiger partial charge in [0.2, 0.25) is 18.4 Å². The number of carbonyl (C=O) groups excluding carboxylic acids is 1. The molecule has 4 rings (SSSR count). The van der Waals surface area contributed by atoms with Gasteiger partial charge in [0.15, 0.2) is 17.8 Å². The van der Waals surface area contributed by atoms with E-state index < -0.39 is 35.6 Å². The summed E-state index contributed by atoms with van der Waals surface area (Å²) in [7, 11) is 1.54. The Balaban J connectivity index is 1.67. The number of aliphatic hydroxyl groups excluding tert-OH is 1. The number of carboxylic acids is 1. The molecular weight excluding hydrogens is 520 g/mol. The van der Waals surface area contributed by atoms with Crippen LogP contribution in [0, 0.1) is 11.3 Å². The molecule has 3 aliphatic heterocycles. The van der Waals surface area contributed by atoms with Crippen molar-refractivity contribution in [2.75, 3.05) is 59.9 Å². The van der Waals surface area contributed by atoms with Gasteiger partial charge in [-0.05, 0) is 37.0 Å². The highest BCUT2D eigenvalue weighted by atomic mass is 16.7. The molecule has 1 aromatic carbocycles. The number of methoxy groups -OCH3 is 1. The van der Waals surface area contributed by atoms with Gasteiger partial charge in [0.05, 0.1) is 32.8 Å². The van der Waals surface area contributed by atoms with Crippen molar-refractivity contribution in [2.24, 2.45) is 11.3 Å². The van der Waals surface area contributed by atoms with Crippen LogP contribution in [0.2, 0.25) is 0 Å². The molecule has 1 aromatic rings. The van der Waals surface area contributed by atoms with E-state index in [1.807, 2.05) is 30.9 Å². The second kappa shape index (κ2) is 13.4. The van der Waals surface area contributed by atoms with E-state index in [1.165, 1.54) is 0 Å². The van der Waals surface area contributed by atoms with Crippen LogP contribution in [0.25, 0.3) is 0 Å². The summed E-state index contributed by atoms with van der Waals surface area (Å²) in [6.45, 7) is 8.73. The minimum Gasteiger partial charge on any atom is -0.493 e. The summed E-state index contributed by atoms with van der Waals surface area (Å²) in [5, 5.41) is 20.0. The number of hydrogen-bond donors (Lipinski definition) is 2. The molecule has 0 spiro atoms. The van der Waals surface area contributed by atoms with E-state index >= 15 is 0 Å². The van der Waals surface area contributed by atoms with Crippen LogP contribution in [0.3, 0.4) is 0 Å². The van der Waals surface area contributed by atoms with Crippen molar-refractivity contribution >= 4 is 11.9 Å². The van der Waals surface area contributed by atoms with Crippen LogP contribution >= 0.6 is 0 Å². The van der Waals surface area contributed by atoms with E-state index in [4.69, 9.17) is 23.7 Å². The van der Waals surface area contributed by atoms with E-state index in [2.05, 4.69) is 6.92 Å². The van der Waals surface area contributed by atoms with Crippen molar-refractivity contribution in [1.82, 2.24) is 9.80 Å². The summed E-state index contributed by atoms with van der Waals surface area (Å²) in [6, 6.07) is 3.20. The van der Waals surface area contributed by atoms with Crippen LogP contribution in [0.15, 0.2) is 12.1 Å². The Labute approximate surface area is 236 Å². The molecule has 224 valence electrons. The maximum absolute atomic E-state index is 13.6. The lowest BCUT2D eigenvalue weighted by molar-refractivity contribution is -0.148. The smallest absolute Gasteiger partial charge is 0.308 e. The number of carbonyl (C=O) groups is 2. The van der Waals surface area contributed by atoms with Crippen LogP contribution in [-0.4, -0.2) is 104 Å². The number of aliphatic hydroxyl groups is 1. The number of amides is 1. The number of ether oxygens (including phenoxy) is 5. The fraction of sp³-hybridized carbons (Fsp3) is 0.724. The van der Waals surface area contributed by atoms with Gasteiger partial charge in [-0.1, -0.05) is 27.2 Å². The first kappa shape index (κ1) is 30.4. The Morgan fingerprint density at radius 1 is 1.15 bits per heavy atom. The first-order valence-corrected chi connectivity index (χ1v) is 14.3. The lowest BCUT2D eigenvalue weighted by Crippen LogP contribution is -2.47. The van der Waals surface area contributed by atoms with E-state index in [0.29, 0.717) is 62.9 Å². The first-order valence-electron chi connectivity index (χ1n) is 14.3. The molecule has 3 aliphatic rings. The highest BCUT2D eigenvalue weighted by Gasteiger charge is 2.51.